The number of amides is 1. The number of aryl methyl sites for hydroxylation is 1. The summed E-state index contributed by atoms with van der Waals surface area (Å²) in [6, 6.07) is 3.90. The molecule has 5 heteroatoms. The van der Waals surface area contributed by atoms with E-state index in [4.69, 9.17) is 4.42 Å². The molecule has 0 bridgehead atoms. The van der Waals surface area contributed by atoms with Crippen LogP contribution in [0.15, 0.2) is 35.1 Å². The Morgan fingerprint density at radius 2 is 2.11 bits per heavy atom. The maximum absolute atomic E-state index is 12.2. The molecule has 0 atom stereocenters. The average Bonchev–Trinajstić information content (AvgIpc) is 2.87. The molecule has 0 radical (unpaired) electrons. The second-order valence-corrected chi connectivity index (χ2v) is 4.27. The molecule has 0 N–H and O–H groups in total. The van der Waals surface area contributed by atoms with Crippen molar-refractivity contribution in [2.75, 3.05) is 13.1 Å². The van der Waals surface area contributed by atoms with Crippen molar-refractivity contribution in [3.8, 4) is 0 Å². The van der Waals surface area contributed by atoms with Gasteiger partial charge in [-0.2, -0.15) is 0 Å². The summed E-state index contributed by atoms with van der Waals surface area (Å²) in [7, 11) is 0. The Labute approximate surface area is 112 Å². The Morgan fingerprint density at radius 1 is 1.37 bits per heavy atom. The predicted octanol–water partition coefficient (Wildman–Crippen LogP) is 2.08. The molecule has 5 nitrogen and oxygen atoms in total. The summed E-state index contributed by atoms with van der Waals surface area (Å²) in [5.74, 6) is 0.646. The van der Waals surface area contributed by atoms with Gasteiger partial charge in [-0.3, -0.25) is 9.78 Å². The summed E-state index contributed by atoms with van der Waals surface area (Å²) in [4.78, 5) is 21.8. The maximum atomic E-state index is 12.2. The van der Waals surface area contributed by atoms with Gasteiger partial charge >= 0.3 is 5.91 Å². The van der Waals surface area contributed by atoms with Gasteiger partial charge in [-0.15, -0.1) is 0 Å². The lowest BCUT2D eigenvalue weighted by Gasteiger charge is -2.18. The molecule has 0 aromatic carbocycles. The highest BCUT2D eigenvalue weighted by Crippen LogP contribution is 2.07. The fourth-order valence-corrected chi connectivity index (χ4v) is 1.81. The van der Waals surface area contributed by atoms with E-state index in [1.165, 1.54) is 0 Å². The first-order valence-corrected chi connectivity index (χ1v) is 6.31. The summed E-state index contributed by atoms with van der Waals surface area (Å²) in [6.45, 7) is 4.99. The second-order valence-electron chi connectivity index (χ2n) is 4.27. The highest BCUT2D eigenvalue weighted by atomic mass is 16.4. The first-order chi connectivity index (χ1) is 9.20. The Morgan fingerprint density at radius 3 is 2.68 bits per heavy atom. The zero-order valence-electron chi connectivity index (χ0n) is 11.2. The van der Waals surface area contributed by atoms with E-state index in [0.717, 1.165) is 12.0 Å². The standard InChI is InChI=1S/C14H17N3O2/c1-3-17(9-6-12-4-7-15-8-5-12)14(18)13-16-10-11(2)19-13/h4-5,7-8,10H,3,6,9H2,1-2H3. The number of oxazole rings is 1. The number of carbonyl (C=O) groups excluding carboxylic acids is 1. The molecule has 0 saturated carbocycles. The van der Waals surface area contributed by atoms with Gasteiger partial charge in [0.15, 0.2) is 0 Å². The highest BCUT2D eigenvalue weighted by molar-refractivity contribution is 5.89. The maximum Gasteiger partial charge on any atom is 0.309 e. The van der Waals surface area contributed by atoms with Gasteiger partial charge in [-0.05, 0) is 38.0 Å². The van der Waals surface area contributed by atoms with Crippen molar-refractivity contribution in [2.24, 2.45) is 0 Å². The first-order valence-electron chi connectivity index (χ1n) is 6.31. The Bertz CT molecular complexity index is 537. The number of carbonyl (C=O) groups is 1. The second kappa shape index (κ2) is 6.13. The lowest BCUT2D eigenvalue weighted by molar-refractivity contribution is 0.0725. The van der Waals surface area contributed by atoms with E-state index in [-0.39, 0.29) is 11.8 Å². The molecule has 0 aliphatic rings. The molecular weight excluding hydrogens is 242 g/mol. The molecular formula is C14H17N3O2. The van der Waals surface area contributed by atoms with Gasteiger partial charge in [-0.25, -0.2) is 4.98 Å². The van der Waals surface area contributed by atoms with Crippen molar-refractivity contribution in [1.29, 1.82) is 0 Å². The molecule has 0 fully saturated rings. The number of pyridine rings is 1. The molecule has 0 unspecified atom stereocenters. The van der Waals surface area contributed by atoms with Crippen LogP contribution in [0.2, 0.25) is 0 Å². The van der Waals surface area contributed by atoms with Crippen molar-refractivity contribution < 1.29 is 9.21 Å². The normalized spacial score (nSPS) is 10.4. The Hall–Kier alpha value is -2.17. The molecule has 2 heterocycles. The van der Waals surface area contributed by atoms with Crippen LogP contribution in [0, 0.1) is 6.92 Å². The van der Waals surface area contributed by atoms with E-state index in [2.05, 4.69) is 9.97 Å². The summed E-state index contributed by atoms with van der Waals surface area (Å²) in [5.41, 5.74) is 1.16. The van der Waals surface area contributed by atoms with Gasteiger partial charge in [0.2, 0.25) is 0 Å². The number of aromatic nitrogens is 2. The molecule has 0 aliphatic heterocycles. The van der Waals surface area contributed by atoms with E-state index in [9.17, 15) is 4.79 Å². The van der Waals surface area contributed by atoms with E-state index in [1.54, 1.807) is 30.4 Å². The summed E-state index contributed by atoms with van der Waals surface area (Å²) in [6.07, 6.45) is 5.86. The minimum Gasteiger partial charge on any atom is -0.438 e. The quantitative estimate of drug-likeness (QED) is 0.825. The van der Waals surface area contributed by atoms with Gasteiger partial charge in [0.05, 0.1) is 6.20 Å². The van der Waals surface area contributed by atoms with Gasteiger partial charge in [-0.1, -0.05) is 0 Å². The average molecular weight is 259 g/mol. The zero-order chi connectivity index (χ0) is 13.7. The largest absolute Gasteiger partial charge is 0.438 e. The van der Waals surface area contributed by atoms with Crippen molar-refractivity contribution >= 4 is 5.91 Å². The SMILES string of the molecule is CCN(CCc1ccncc1)C(=O)c1ncc(C)o1. The topological polar surface area (TPSA) is 59.2 Å². The van der Waals surface area contributed by atoms with Gasteiger partial charge in [0.25, 0.3) is 5.89 Å². The van der Waals surface area contributed by atoms with Crippen molar-refractivity contribution in [3.05, 3.63) is 47.9 Å². The van der Waals surface area contributed by atoms with E-state index in [0.29, 0.717) is 18.8 Å². The van der Waals surface area contributed by atoms with Crippen molar-refractivity contribution in [1.82, 2.24) is 14.9 Å². The number of nitrogens with zero attached hydrogens (tertiary/aromatic N) is 3. The highest BCUT2D eigenvalue weighted by Gasteiger charge is 2.18. The first kappa shape index (κ1) is 13.3. The van der Waals surface area contributed by atoms with Gasteiger partial charge in [0.1, 0.15) is 5.76 Å². The molecule has 19 heavy (non-hydrogen) atoms. The smallest absolute Gasteiger partial charge is 0.309 e. The fraction of sp³-hybridized carbons (Fsp3) is 0.357. The third-order valence-corrected chi connectivity index (χ3v) is 2.89. The van der Waals surface area contributed by atoms with Crippen LogP contribution in [0.5, 0.6) is 0 Å². The van der Waals surface area contributed by atoms with Gasteiger partial charge in [0, 0.05) is 25.5 Å². The zero-order valence-corrected chi connectivity index (χ0v) is 11.2. The summed E-state index contributed by atoms with van der Waals surface area (Å²) in [5, 5.41) is 0. The summed E-state index contributed by atoms with van der Waals surface area (Å²) >= 11 is 0. The molecule has 2 aromatic heterocycles. The fourth-order valence-electron chi connectivity index (χ4n) is 1.81. The number of rotatable bonds is 5. The molecule has 100 valence electrons. The van der Waals surface area contributed by atoms with Crippen LogP contribution in [-0.4, -0.2) is 33.9 Å². The summed E-state index contributed by atoms with van der Waals surface area (Å²) < 4.78 is 5.27. The minimum absolute atomic E-state index is 0.161. The minimum atomic E-state index is -0.162. The lowest BCUT2D eigenvalue weighted by Crippen LogP contribution is -2.32. The van der Waals surface area contributed by atoms with Crippen molar-refractivity contribution in [2.45, 2.75) is 20.3 Å². The Balaban J connectivity index is 1.98. The monoisotopic (exact) mass is 259 g/mol. The predicted molar refractivity (Wildman–Crippen MR) is 70.8 cm³/mol. The molecule has 1 amide bonds. The third kappa shape index (κ3) is 3.40. The third-order valence-electron chi connectivity index (χ3n) is 2.89. The molecule has 0 saturated heterocycles. The van der Waals surface area contributed by atoms with Crippen molar-refractivity contribution in [3.63, 3.8) is 0 Å². The number of hydrogen-bond acceptors (Lipinski definition) is 4. The molecule has 0 spiro atoms. The van der Waals surface area contributed by atoms with E-state index >= 15 is 0 Å². The van der Waals surface area contributed by atoms with Crippen LogP contribution < -0.4 is 0 Å². The van der Waals surface area contributed by atoms with Crippen LogP contribution in [0.1, 0.15) is 28.9 Å². The van der Waals surface area contributed by atoms with E-state index < -0.39 is 0 Å². The molecule has 2 rings (SSSR count). The number of likely N-dealkylation sites (N-methyl/N-ethyl adjacent to an activating group) is 1. The number of hydrogen-bond donors (Lipinski definition) is 0. The van der Waals surface area contributed by atoms with E-state index in [1.807, 2.05) is 19.1 Å². The molecule has 2 aromatic rings. The van der Waals surface area contributed by atoms with Gasteiger partial charge < -0.3 is 9.32 Å². The van der Waals surface area contributed by atoms with Crippen LogP contribution in [0.25, 0.3) is 0 Å². The van der Waals surface area contributed by atoms with Crippen LogP contribution in [0.3, 0.4) is 0 Å². The van der Waals surface area contributed by atoms with Crippen LogP contribution in [-0.2, 0) is 6.42 Å². The van der Waals surface area contributed by atoms with Crippen LogP contribution in [0.4, 0.5) is 0 Å². The molecule has 0 aliphatic carbocycles. The lowest BCUT2D eigenvalue weighted by atomic mass is 10.2. The van der Waals surface area contributed by atoms with Crippen LogP contribution >= 0.6 is 0 Å². The Kier molecular flexibility index (Phi) is 4.28.